The molecule has 1 amide bonds. The van der Waals surface area contributed by atoms with Gasteiger partial charge in [-0.1, -0.05) is 0 Å². The number of likely N-dealkylation sites (tertiary alicyclic amines) is 1. The number of hydrogen-bond acceptors (Lipinski definition) is 3. The molecule has 1 aliphatic carbocycles. The molecule has 1 aromatic heterocycles. The van der Waals surface area contributed by atoms with Gasteiger partial charge in [0.1, 0.15) is 0 Å². The summed E-state index contributed by atoms with van der Waals surface area (Å²) in [4.78, 5) is 16.5. The molecule has 1 aromatic rings. The van der Waals surface area contributed by atoms with E-state index >= 15 is 0 Å². The predicted octanol–water partition coefficient (Wildman–Crippen LogP) is 2.80. The van der Waals surface area contributed by atoms with Gasteiger partial charge in [-0.2, -0.15) is 0 Å². The lowest BCUT2D eigenvalue weighted by molar-refractivity contribution is -0.135. The Morgan fingerprint density at radius 1 is 1.33 bits per heavy atom. The second kappa shape index (κ2) is 6.27. The summed E-state index contributed by atoms with van der Waals surface area (Å²) < 4.78 is 0. The second-order valence-electron chi connectivity index (χ2n) is 6.43. The quantitative estimate of drug-likeness (QED) is 0.860. The molecule has 0 saturated carbocycles. The molecule has 3 nitrogen and oxygen atoms in total. The minimum atomic E-state index is 0. The Bertz CT molecular complexity index is 518. The first-order chi connectivity index (χ1) is 9.83. The van der Waals surface area contributed by atoms with Crippen molar-refractivity contribution in [3.63, 3.8) is 0 Å². The maximum Gasteiger partial charge on any atom is 0.230 e. The average Bonchev–Trinajstić information content (AvgIpc) is 3.13. The minimum Gasteiger partial charge on any atom is -0.342 e. The summed E-state index contributed by atoms with van der Waals surface area (Å²) in [6, 6.07) is 2.85. The Balaban J connectivity index is 0.00000132. The van der Waals surface area contributed by atoms with Crippen LogP contribution in [0.4, 0.5) is 0 Å². The van der Waals surface area contributed by atoms with Gasteiger partial charge in [-0.25, -0.2) is 0 Å². The predicted molar refractivity (Wildman–Crippen MR) is 88.3 cm³/mol. The fraction of sp³-hybridized carbons (Fsp3) is 0.688. The van der Waals surface area contributed by atoms with Crippen LogP contribution in [0.5, 0.6) is 0 Å². The summed E-state index contributed by atoms with van der Waals surface area (Å²) in [5.41, 5.74) is 1.33. The summed E-state index contributed by atoms with van der Waals surface area (Å²) in [6.07, 6.45) is 5.77. The summed E-state index contributed by atoms with van der Waals surface area (Å²) in [7, 11) is 0. The topological polar surface area (TPSA) is 32.3 Å². The molecule has 3 unspecified atom stereocenters. The van der Waals surface area contributed by atoms with Crippen molar-refractivity contribution >= 4 is 29.7 Å². The Labute approximate surface area is 136 Å². The van der Waals surface area contributed by atoms with Gasteiger partial charge in [0.2, 0.25) is 5.91 Å². The molecule has 3 heterocycles. The van der Waals surface area contributed by atoms with E-state index in [9.17, 15) is 4.79 Å². The van der Waals surface area contributed by atoms with E-state index in [1.807, 2.05) is 11.3 Å². The van der Waals surface area contributed by atoms with Crippen LogP contribution in [-0.2, 0) is 11.2 Å². The molecule has 2 fully saturated rings. The molecule has 21 heavy (non-hydrogen) atoms. The second-order valence-corrected chi connectivity index (χ2v) is 7.43. The normalized spacial score (nSPS) is 31.2. The maximum absolute atomic E-state index is 12.9. The highest BCUT2D eigenvalue weighted by molar-refractivity contribution is 7.10. The zero-order chi connectivity index (χ0) is 13.5. The lowest BCUT2D eigenvalue weighted by Crippen LogP contribution is -2.48. The van der Waals surface area contributed by atoms with Crippen molar-refractivity contribution in [1.82, 2.24) is 10.2 Å². The number of nitrogens with zero attached hydrogens (tertiary/aromatic N) is 1. The molecule has 116 valence electrons. The van der Waals surface area contributed by atoms with Crippen molar-refractivity contribution < 1.29 is 4.79 Å². The lowest BCUT2D eigenvalue weighted by atomic mass is 9.85. The van der Waals surface area contributed by atoms with Gasteiger partial charge in [0.25, 0.3) is 0 Å². The number of carbonyl (C=O) groups is 1. The monoisotopic (exact) mass is 326 g/mol. The van der Waals surface area contributed by atoms with E-state index in [-0.39, 0.29) is 18.3 Å². The molecule has 1 N–H and O–H groups in total. The molecule has 0 spiro atoms. The Kier molecular flexibility index (Phi) is 4.57. The third-order valence-corrected chi connectivity index (χ3v) is 6.31. The van der Waals surface area contributed by atoms with E-state index in [1.165, 1.54) is 29.7 Å². The van der Waals surface area contributed by atoms with Crippen LogP contribution >= 0.6 is 23.7 Å². The van der Waals surface area contributed by atoms with Gasteiger partial charge in [-0.3, -0.25) is 4.79 Å². The summed E-state index contributed by atoms with van der Waals surface area (Å²) in [5.74, 6) is 1.24. The van der Waals surface area contributed by atoms with Crippen molar-refractivity contribution in [2.75, 3.05) is 19.6 Å². The van der Waals surface area contributed by atoms with Gasteiger partial charge in [0, 0.05) is 24.0 Å². The van der Waals surface area contributed by atoms with Gasteiger partial charge in [0.05, 0.1) is 5.92 Å². The van der Waals surface area contributed by atoms with E-state index < -0.39 is 0 Å². The maximum atomic E-state index is 12.9. The fourth-order valence-electron chi connectivity index (χ4n) is 4.21. The van der Waals surface area contributed by atoms with Crippen molar-refractivity contribution in [3.05, 3.63) is 21.9 Å². The zero-order valence-electron chi connectivity index (χ0n) is 12.2. The van der Waals surface area contributed by atoms with Crippen molar-refractivity contribution in [2.24, 2.45) is 5.92 Å². The molecular weight excluding hydrogens is 304 g/mol. The molecule has 0 radical (unpaired) electrons. The third-order valence-electron chi connectivity index (χ3n) is 5.32. The van der Waals surface area contributed by atoms with Crippen LogP contribution in [0.1, 0.15) is 42.0 Å². The van der Waals surface area contributed by atoms with E-state index in [2.05, 4.69) is 21.7 Å². The number of carbonyl (C=O) groups excluding carboxylic acids is 1. The fourth-order valence-corrected chi connectivity index (χ4v) is 5.20. The molecule has 0 bridgehead atoms. The zero-order valence-corrected chi connectivity index (χ0v) is 13.8. The molecular formula is C16H23ClN2OS. The highest BCUT2D eigenvalue weighted by Gasteiger charge is 2.37. The molecule has 5 heteroatoms. The smallest absolute Gasteiger partial charge is 0.230 e. The van der Waals surface area contributed by atoms with Crippen LogP contribution in [0.3, 0.4) is 0 Å². The highest BCUT2D eigenvalue weighted by atomic mass is 35.5. The number of aryl methyl sites for hydroxylation is 1. The molecule has 2 aliphatic heterocycles. The molecule has 0 aromatic carbocycles. The number of halogens is 1. The average molecular weight is 327 g/mol. The summed E-state index contributed by atoms with van der Waals surface area (Å²) in [6.45, 7) is 3.06. The van der Waals surface area contributed by atoms with Crippen LogP contribution in [0, 0.1) is 5.92 Å². The van der Waals surface area contributed by atoms with Gasteiger partial charge < -0.3 is 10.2 Å². The number of fused-ring (bicyclic) bond motifs is 2. The van der Waals surface area contributed by atoms with E-state index in [1.54, 1.807) is 0 Å². The molecule has 4 rings (SSSR count). The van der Waals surface area contributed by atoms with E-state index in [4.69, 9.17) is 0 Å². The van der Waals surface area contributed by atoms with Gasteiger partial charge in [-0.05, 0) is 61.6 Å². The van der Waals surface area contributed by atoms with Crippen molar-refractivity contribution in [2.45, 2.75) is 44.1 Å². The standard InChI is InChI=1S/C16H22N2OS.ClH/c19-16(13-2-1-3-15-12(13)6-9-20-15)18-8-5-14-11(10-18)4-7-17-14;/h6,9,11,13-14,17H,1-5,7-8,10H2;1H. The van der Waals surface area contributed by atoms with Gasteiger partial charge in [-0.15, -0.1) is 23.7 Å². The van der Waals surface area contributed by atoms with Gasteiger partial charge in [0.15, 0.2) is 0 Å². The molecule has 3 aliphatic rings. The lowest BCUT2D eigenvalue weighted by Gasteiger charge is -2.37. The van der Waals surface area contributed by atoms with Crippen LogP contribution in [0.25, 0.3) is 0 Å². The number of hydrogen-bond donors (Lipinski definition) is 1. The Morgan fingerprint density at radius 2 is 2.24 bits per heavy atom. The summed E-state index contributed by atoms with van der Waals surface area (Å²) >= 11 is 1.83. The van der Waals surface area contributed by atoms with Crippen molar-refractivity contribution in [3.8, 4) is 0 Å². The first-order valence-electron chi connectivity index (χ1n) is 7.91. The molecule has 3 atom stereocenters. The van der Waals surface area contributed by atoms with Crippen LogP contribution in [-0.4, -0.2) is 36.5 Å². The number of piperidine rings is 1. The Hall–Kier alpha value is -0.580. The molecule has 2 saturated heterocycles. The highest BCUT2D eigenvalue weighted by Crippen LogP contribution is 2.37. The first kappa shape index (κ1) is 15.3. The SMILES string of the molecule is Cl.O=C(C1CCCc2sccc21)N1CCC2NCCC2C1. The largest absolute Gasteiger partial charge is 0.342 e. The van der Waals surface area contributed by atoms with Crippen LogP contribution in [0.2, 0.25) is 0 Å². The van der Waals surface area contributed by atoms with Crippen molar-refractivity contribution in [1.29, 1.82) is 0 Å². The minimum absolute atomic E-state index is 0. The van der Waals surface area contributed by atoms with E-state index in [0.717, 1.165) is 32.5 Å². The third kappa shape index (κ3) is 2.73. The number of thiophene rings is 1. The number of rotatable bonds is 1. The van der Waals surface area contributed by atoms with Gasteiger partial charge >= 0.3 is 0 Å². The number of amides is 1. The van der Waals surface area contributed by atoms with Crippen LogP contribution in [0.15, 0.2) is 11.4 Å². The number of nitrogens with one attached hydrogen (secondary N) is 1. The Morgan fingerprint density at radius 3 is 3.14 bits per heavy atom. The van der Waals surface area contributed by atoms with E-state index in [0.29, 0.717) is 17.9 Å². The summed E-state index contributed by atoms with van der Waals surface area (Å²) in [5, 5.41) is 5.73. The first-order valence-corrected chi connectivity index (χ1v) is 8.79. The van der Waals surface area contributed by atoms with Crippen LogP contribution < -0.4 is 5.32 Å².